The number of hydrogen-bond donors (Lipinski definition) is 0. The molecular formula is C17H20ClN3O4S. The van der Waals surface area contributed by atoms with Gasteiger partial charge in [0.05, 0.1) is 5.75 Å². The van der Waals surface area contributed by atoms with Crippen molar-refractivity contribution in [2.24, 2.45) is 0 Å². The smallest absolute Gasteiger partial charge is 0.276 e. The Bertz CT molecular complexity index is 897. The molecule has 0 radical (unpaired) electrons. The van der Waals surface area contributed by atoms with Gasteiger partial charge >= 0.3 is 0 Å². The number of benzene rings is 1. The number of aryl methyl sites for hydroxylation is 1. The first-order chi connectivity index (χ1) is 12.4. The third-order valence-corrected chi connectivity index (χ3v) is 6.47. The van der Waals surface area contributed by atoms with Crippen LogP contribution in [0.5, 0.6) is 0 Å². The van der Waals surface area contributed by atoms with Gasteiger partial charge in [-0.3, -0.25) is 4.79 Å². The second-order valence-corrected chi connectivity index (χ2v) is 8.59. The number of rotatable bonds is 4. The molecule has 1 aliphatic heterocycles. The average Bonchev–Trinajstić information content (AvgIpc) is 2.88. The number of amides is 1. The summed E-state index contributed by atoms with van der Waals surface area (Å²) in [7, 11) is -3.52. The van der Waals surface area contributed by atoms with Gasteiger partial charge < -0.3 is 9.42 Å². The Kier molecular flexibility index (Phi) is 5.64. The standard InChI is InChI=1S/C17H20ClN3O4S/c1-13-11-16(19-25-13)17(22)20-7-4-8-21(10-9-20)26(23,24)12-14-5-2-3-6-15(14)18/h2-3,5-6,11H,4,7-10,12H2,1H3. The minimum atomic E-state index is -3.52. The highest BCUT2D eigenvalue weighted by atomic mass is 35.5. The number of carbonyl (C=O) groups excluding carboxylic acids is 1. The lowest BCUT2D eigenvalue weighted by Crippen LogP contribution is -2.38. The van der Waals surface area contributed by atoms with Gasteiger partial charge in [0.15, 0.2) is 5.69 Å². The molecule has 0 spiro atoms. The molecule has 1 fully saturated rings. The summed E-state index contributed by atoms with van der Waals surface area (Å²) in [4.78, 5) is 14.1. The van der Waals surface area contributed by atoms with E-state index in [0.29, 0.717) is 42.4 Å². The first-order valence-electron chi connectivity index (χ1n) is 8.30. The maximum absolute atomic E-state index is 12.7. The SMILES string of the molecule is Cc1cc(C(=O)N2CCCN(S(=O)(=O)Cc3ccccc3Cl)CC2)no1. The lowest BCUT2D eigenvalue weighted by atomic mass is 10.2. The molecule has 3 rings (SSSR count). The highest BCUT2D eigenvalue weighted by Gasteiger charge is 2.28. The van der Waals surface area contributed by atoms with Crippen LogP contribution in [0.25, 0.3) is 0 Å². The predicted octanol–water partition coefficient (Wildman–Crippen LogP) is 2.31. The van der Waals surface area contributed by atoms with E-state index in [9.17, 15) is 13.2 Å². The zero-order valence-corrected chi connectivity index (χ0v) is 16.0. The molecular weight excluding hydrogens is 378 g/mol. The molecule has 0 unspecified atom stereocenters. The molecule has 1 aromatic heterocycles. The van der Waals surface area contributed by atoms with E-state index >= 15 is 0 Å². The van der Waals surface area contributed by atoms with Gasteiger partial charge in [-0.1, -0.05) is 35.0 Å². The van der Waals surface area contributed by atoms with E-state index in [1.54, 1.807) is 42.2 Å². The summed E-state index contributed by atoms with van der Waals surface area (Å²) in [5.41, 5.74) is 0.819. The Hall–Kier alpha value is -1.90. The van der Waals surface area contributed by atoms with E-state index in [1.165, 1.54) is 4.31 Å². The first kappa shape index (κ1) is 18.9. The molecule has 9 heteroatoms. The van der Waals surface area contributed by atoms with Crippen molar-refractivity contribution >= 4 is 27.5 Å². The Labute approximate surface area is 157 Å². The van der Waals surface area contributed by atoms with Gasteiger partial charge in [-0.25, -0.2) is 8.42 Å². The molecule has 26 heavy (non-hydrogen) atoms. The number of sulfonamides is 1. The molecule has 7 nitrogen and oxygen atoms in total. The second kappa shape index (κ2) is 7.77. The zero-order valence-electron chi connectivity index (χ0n) is 14.4. The largest absolute Gasteiger partial charge is 0.361 e. The van der Waals surface area contributed by atoms with E-state index in [1.807, 2.05) is 0 Å². The number of nitrogens with zero attached hydrogens (tertiary/aromatic N) is 3. The maximum atomic E-state index is 12.7. The van der Waals surface area contributed by atoms with Crippen molar-refractivity contribution in [3.05, 3.63) is 52.4 Å². The topological polar surface area (TPSA) is 83.7 Å². The van der Waals surface area contributed by atoms with Gasteiger partial charge in [0.25, 0.3) is 5.91 Å². The summed E-state index contributed by atoms with van der Waals surface area (Å²) in [6, 6.07) is 8.49. The molecule has 0 bridgehead atoms. The summed E-state index contributed by atoms with van der Waals surface area (Å²) >= 11 is 6.08. The molecule has 0 atom stereocenters. The van der Waals surface area contributed by atoms with Gasteiger partial charge in [0.2, 0.25) is 10.0 Å². The Morgan fingerprint density at radius 1 is 1.23 bits per heavy atom. The van der Waals surface area contributed by atoms with Crippen LogP contribution < -0.4 is 0 Å². The van der Waals surface area contributed by atoms with Crippen LogP contribution in [-0.4, -0.2) is 54.9 Å². The molecule has 2 aromatic rings. The number of hydrogen-bond acceptors (Lipinski definition) is 5. The molecule has 140 valence electrons. The summed E-state index contributed by atoms with van der Waals surface area (Å²) in [5, 5.41) is 4.18. The van der Waals surface area contributed by atoms with Crippen LogP contribution in [0.4, 0.5) is 0 Å². The van der Waals surface area contributed by atoms with E-state index in [0.717, 1.165) is 0 Å². The molecule has 1 aliphatic rings. The quantitative estimate of drug-likeness (QED) is 0.790. The van der Waals surface area contributed by atoms with Crippen molar-refractivity contribution in [1.29, 1.82) is 0 Å². The van der Waals surface area contributed by atoms with Crippen molar-refractivity contribution in [2.75, 3.05) is 26.2 Å². The summed E-state index contributed by atoms with van der Waals surface area (Å²) < 4.78 is 31.9. The molecule has 0 aliphatic carbocycles. The monoisotopic (exact) mass is 397 g/mol. The van der Waals surface area contributed by atoms with Gasteiger partial charge in [0, 0.05) is 37.3 Å². The lowest BCUT2D eigenvalue weighted by molar-refractivity contribution is 0.0754. The highest BCUT2D eigenvalue weighted by molar-refractivity contribution is 7.88. The summed E-state index contributed by atoms with van der Waals surface area (Å²) in [6.07, 6.45) is 0.560. The fraction of sp³-hybridized carbons (Fsp3) is 0.412. The third kappa shape index (κ3) is 4.25. The Morgan fingerprint density at radius 2 is 2.00 bits per heavy atom. The Morgan fingerprint density at radius 3 is 2.69 bits per heavy atom. The van der Waals surface area contributed by atoms with Crippen molar-refractivity contribution in [2.45, 2.75) is 19.1 Å². The number of aromatic nitrogens is 1. The predicted molar refractivity (Wildman–Crippen MR) is 97.4 cm³/mol. The fourth-order valence-corrected chi connectivity index (χ4v) is 4.78. The van der Waals surface area contributed by atoms with E-state index in [4.69, 9.17) is 16.1 Å². The van der Waals surface area contributed by atoms with Crippen molar-refractivity contribution in [1.82, 2.24) is 14.4 Å². The van der Waals surface area contributed by atoms with Gasteiger partial charge in [-0.05, 0) is 25.0 Å². The van der Waals surface area contributed by atoms with Crippen LogP contribution in [0.15, 0.2) is 34.9 Å². The highest BCUT2D eigenvalue weighted by Crippen LogP contribution is 2.20. The minimum Gasteiger partial charge on any atom is -0.361 e. The molecule has 0 N–H and O–H groups in total. The van der Waals surface area contributed by atoms with Gasteiger partial charge in [0.1, 0.15) is 5.76 Å². The molecule has 1 amide bonds. The molecule has 0 saturated carbocycles. The van der Waals surface area contributed by atoms with E-state index < -0.39 is 10.0 Å². The molecule has 2 heterocycles. The number of carbonyl (C=O) groups is 1. The summed E-state index contributed by atoms with van der Waals surface area (Å²) in [6.45, 7) is 3.12. The van der Waals surface area contributed by atoms with Crippen LogP contribution in [0, 0.1) is 6.92 Å². The van der Waals surface area contributed by atoms with Crippen molar-refractivity contribution in [3.63, 3.8) is 0 Å². The van der Waals surface area contributed by atoms with E-state index in [2.05, 4.69) is 5.16 Å². The van der Waals surface area contributed by atoms with Crippen molar-refractivity contribution in [3.8, 4) is 0 Å². The van der Waals surface area contributed by atoms with Gasteiger partial charge in [-0.15, -0.1) is 0 Å². The van der Waals surface area contributed by atoms with Crippen LogP contribution in [0.1, 0.15) is 28.2 Å². The lowest BCUT2D eigenvalue weighted by Gasteiger charge is -2.21. The third-order valence-electron chi connectivity index (χ3n) is 4.28. The van der Waals surface area contributed by atoms with Crippen LogP contribution >= 0.6 is 11.6 Å². The Balaban J connectivity index is 1.68. The minimum absolute atomic E-state index is 0.150. The zero-order chi connectivity index (χ0) is 18.7. The van der Waals surface area contributed by atoms with Crippen LogP contribution in [-0.2, 0) is 15.8 Å². The molecule has 1 aromatic carbocycles. The number of halogens is 1. The first-order valence-corrected chi connectivity index (χ1v) is 10.3. The normalized spacial score (nSPS) is 16.5. The average molecular weight is 398 g/mol. The van der Waals surface area contributed by atoms with Crippen LogP contribution in [0.2, 0.25) is 5.02 Å². The second-order valence-electron chi connectivity index (χ2n) is 6.22. The van der Waals surface area contributed by atoms with E-state index in [-0.39, 0.29) is 23.9 Å². The fourth-order valence-electron chi connectivity index (χ4n) is 2.91. The summed E-state index contributed by atoms with van der Waals surface area (Å²) in [5.74, 6) is 0.169. The van der Waals surface area contributed by atoms with Crippen molar-refractivity contribution < 1.29 is 17.7 Å². The van der Waals surface area contributed by atoms with Crippen LogP contribution in [0.3, 0.4) is 0 Å². The van der Waals surface area contributed by atoms with Gasteiger partial charge in [-0.2, -0.15) is 4.31 Å². The molecule has 1 saturated heterocycles. The maximum Gasteiger partial charge on any atom is 0.276 e.